The van der Waals surface area contributed by atoms with Crippen LogP contribution in [0.15, 0.2) is 17.6 Å². The second-order valence-corrected chi connectivity index (χ2v) is 8.06. The monoisotopic (exact) mass is 329 g/mol. The lowest BCUT2D eigenvalue weighted by Gasteiger charge is -2.19. The number of amides is 1. The van der Waals surface area contributed by atoms with Crippen molar-refractivity contribution in [1.29, 1.82) is 0 Å². The highest BCUT2D eigenvalue weighted by molar-refractivity contribution is 7.10. The van der Waals surface area contributed by atoms with Crippen molar-refractivity contribution < 1.29 is 4.79 Å². The van der Waals surface area contributed by atoms with Gasteiger partial charge in [0, 0.05) is 16.3 Å². The lowest BCUT2D eigenvalue weighted by atomic mass is 9.88. The lowest BCUT2D eigenvalue weighted by Crippen LogP contribution is -2.20. The highest BCUT2D eigenvalue weighted by Gasteiger charge is 2.31. The number of nitrogens with one attached hydrogen (secondary N) is 1. The molecular weight excluding hydrogens is 306 g/mol. The van der Waals surface area contributed by atoms with Gasteiger partial charge in [-0.05, 0) is 56.4 Å². The largest absolute Gasteiger partial charge is 0.307 e. The number of carbonyl (C=O) groups is 1. The predicted molar refractivity (Wildman–Crippen MR) is 93.1 cm³/mol. The molecule has 0 radical (unpaired) electrons. The maximum atomic E-state index is 12.7. The molecule has 23 heavy (non-hydrogen) atoms. The summed E-state index contributed by atoms with van der Waals surface area (Å²) in [5, 5.41) is 9.53. The average Bonchev–Trinajstić information content (AvgIpc) is 3.14. The van der Waals surface area contributed by atoms with Crippen molar-refractivity contribution >= 4 is 23.1 Å². The third kappa shape index (κ3) is 2.82. The van der Waals surface area contributed by atoms with Crippen LogP contribution in [0.2, 0.25) is 0 Å². The molecule has 2 aromatic heterocycles. The average molecular weight is 329 g/mol. The van der Waals surface area contributed by atoms with Crippen LogP contribution in [0.5, 0.6) is 0 Å². The van der Waals surface area contributed by atoms with Crippen molar-refractivity contribution in [3.05, 3.63) is 33.6 Å². The number of aromatic nitrogens is 2. The van der Waals surface area contributed by atoms with Gasteiger partial charge >= 0.3 is 0 Å². The highest BCUT2D eigenvalue weighted by Crippen LogP contribution is 2.40. The van der Waals surface area contributed by atoms with Crippen LogP contribution in [0.25, 0.3) is 0 Å². The van der Waals surface area contributed by atoms with Crippen LogP contribution in [0.1, 0.15) is 60.0 Å². The Morgan fingerprint density at radius 2 is 2.26 bits per heavy atom. The van der Waals surface area contributed by atoms with Crippen LogP contribution in [-0.4, -0.2) is 15.7 Å². The van der Waals surface area contributed by atoms with Crippen LogP contribution >= 0.6 is 11.3 Å². The van der Waals surface area contributed by atoms with Gasteiger partial charge in [-0.1, -0.05) is 6.92 Å². The SMILES string of the molecule is CC1CCc2c(C(=O)Nc3ccnn3C(C)C3CC3)csc2C1. The third-order valence-corrected chi connectivity index (χ3v) is 6.30. The standard InChI is InChI=1S/C18H23N3OS/c1-11-3-6-14-15(10-23-16(14)9-11)18(22)20-17-7-8-19-21(17)12(2)13-4-5-13/h7-8,10-13H,3-6,9H2,1-2H3,(H,20,22). The lowest BCUT2D eigenvalue weighted by molar-refractivity contribution is 0.102. The molecule has 0 aliphatic heterocycles. The summed E-state index contributed by atoms with van der Waals surface area (Å²) in [4.78, 5) is 14.1. The quantitative estimate of drug-likeness (QED) is 0.909. The molecule has 4 rings (SSSR count). The smallest absolute Gasteiger partial charge is 0.257 e. The predicted octanol–water partition coefficient (Wildman–Crippen LogP) is 4.29. The molecule has 2 aromatic rings. The maximum Gasteiger partial charge on any atom is 0.257 e. The van der Waals surface area contributed by atoms with E-state index in [-0.39, 0.29) is 5.91 Å². The van der Waals surface area contributed by atoms with Crippen LogP contribution in [0.3, 0.4) is 0 Å². The number of carbonyl (C=O) groups excluding carboxylic acids is 1. The van der Waals surface area contributed by atoms with E-state index in [9.17, 15) is 4.79 Å². The minimum Gasteiger partial charge on any atom is -0.307 e. The number of fused-ring (bicyclic) bond motifs is 1. The van der Waals surface area contributed by atoms with Crippen molar-refractivity contribution in [2.45, 2.75) is 52.0 Å². The van der Waals surface area contributed by atoms with Crippen LogP contribution < -0.4 is 5.32 Å². The molecule has 0 spiro atoms. The van der Waals surface area contributed by atoms with Crippen LogP contribution in [0.4, 0.5) is 5.82 Å². The van der Waals surface area contributed by atoms with Gasteiger partial charge in [-0.3, -0.25) is 4.79 Å². The fourth-order valence-corrected chi connectivity index (χ4v) is 4.81. The molecule has 4 nitrogen and oxygen atoms in total. The van der Waals surface area contributed by atoms with Crippen LogP contribution in [0, 0.1) is 11.8 Å². The first-order valence-corrected chi connectivity index (χ1v) is 9.45. The Hall–Kier alpha value is -1.62. The first kappa shape index (κ1) is 14.9. The van der Waals surface area contributed by atoms with E-state index >= 15 is 0 Å². The molecule has 2 aliphatic carbocycles. The maximum absolute atomic E-state index is 12.7. The summed E-state index contributed by atoms with van der Waals surface area (Å²) in [6, 6.07) is 2.26. The van der Waals surface area contributed by atoms with Gasteiger partial charge in [-0.2, -0.15) is 5.10 Å². The summed E-state index contributed by atoms with van der Waals surface area (Å²) in [5.74, 6) is 2.28. The van der Waals surface area contributed by atoms with Crippen molar-refractivity contribution in [2.75, 3.05) is 5.32 Å². The summed E-state index contributed by atoms with van der Waals surface area (Å²) in [7, 11) is 0. The van der Waals surface area contributed by atoms with Gasteiger partial charge in [0.15, 0.2) is 0 Å². The number of rotatable bonds is 4. The molecule has 0 bridgehead atoms. The van der Waals surface area contributed by atoms with Gasteiger partial charge in [0.05, 0.1) is 17.8 Å². The summed E-state index contributed by atoms with van der Waals surface area (Å²) in [6.45, 7) is 4.48. The molecule has 2 heterocycles. The van der Waals surface area contributed by atoms with E-state index in [1.807, 2.05) is 16.1 Å². The molecule has 0 aromatic carbocycles. The first-order valence-electron chi connectivity index (χ1n) is 8.57. The molecule has 0 saturated heterocycles. The number of anilines is 1. The van der Waals surface area contributed by atoms with E-state index in [4.69, 9.17) is 0 Å². The summed E-state index contributed by atoms with van der Waals surface area (Å²) < 4.78 is 1.97. The van der Waals surface area contributed by atoms with Crippen molar-refractivity contribution in [3.8, 4) is 0 Å². The van der Waals surface area contributed by atoms with Crippen LogP contribution in [-0.2, 0) is 12.8 Å². The van der Waals surface area contributed by atoms with Gasteiger partial charge in [0.1, 0.15) is 5.82 Å². The van der Waals surface area contributed by atoms with E-state index in [0.717, 1.165) is 30.1 Å². The molecule has 1 N–H and O–H groups in total. The van der Waals surface area contributed by atoms with Gasteiger partial charge < -0.3 is 5.32 Å². The molecule has 2 atom stereocenters. The topological polar surface area (TPSA) is 46.9 Å². The fourth-order valence-electron chi connectivity index (χ4n) is 3.57. The number of hydrogen-bond donors (Lipinski definition) is 1. The Labute approximate surface area is 140 Å². The van der Waals surface area contributed by atoms with Gasteiger partial charge in [0.2, 0.25) is 0 Å². The second-order valence-electron chi connectivity index (χ2n) is 7.09. The number of thiophene rings is 1. The third-order valence-electron chi connectivity index (χ3n) is 5.25. The zero-order valence-corrected chi connectivity index (χ0v) is 14.5. The van der Waals surface area contributed by atoms with E-state index < -0.39 is 0 Å². The Bertz CT molecular complexity index is 728. The van der Waals surface area contributed by atoms with Crippen molar-refractivity contribution in [1.82, 2.24) is 9.78 Å². The minimum absolute atomic E-state index is 0.0156. The van der Waals surface area contributed by atoms with Gasteiger partial charge in [0.25, 0.3) is 5.91 Å². The second kappa shape index (κ2) is 5.78. The molecule has 5 heteroatoms. The Morgan fingerprint density at radius 3 is 3.04 bits per heavy atom. The molecule has 2 aliphatic rings. The zero-order valence-electron chi connectivity index (χ0n) is 13.7. The molecule has 1 amide bonds. The van der Waals surface area contributed by atoms with Crippen molar-refractivity contribution in [2.24, 2.45) is 11.8 Å². The fraction of sp³-hybridized carbons (Fsp3) is 0.556. The minimum atomic E-state index is 0.0156. The molecule has 1 saturated carbocycles. The Kier molecular flexibility index (Phi) is 3.76. The summed E-state index contributed by atoms with van der Waals surface area (Å²) in [5.41, 5.74) is 2.13. The van der Waals surface area contributed by atoms with E-state index in [1.165, 1.54) is 29.7 Å². The number of hydrogen-bond acceptors (Lipinski definition) is 3. The summed E-state index contributed by atoms with van der Waals surface area (Å²) in [6.07, 6.45) is 7.64. The van der Waals surface area contributed by atoms with Gasteiger partial charge in [-0.15, -0.1) is 11.3 Å². The molecule has 2 unspecified atom stereocenters. The molecule has 122 valence electrons. The Morgan fingerprint density at radius 1 is 1.43 bits per heavy atom. The first-order chi connectivity index (χ1) is 11.1. The van der Waals surface area contributed by atoms with E-state index in [0.29, 0.717) is 12.0 Å². The van der Waals surface area contributed by atoms with Crippen molar-refractivity contribution in [3.63, 3.8) is 0 Å². The summed E-state index contributed by atoms with van der Waals surface area (Å²) >= 11 is 1.74. The zero-order chi connectivity index (χ0) is 16.0. The molecular formula is C18H23N3OS. The van der Waals surface area contributed by atoms with Gasteiger partial charge in [-0.25, -0.2) is 4.68 Å². The highest BCUT2D eigenvalue weighted by atomic mass is 32.1. The Balaban J connectivity index is 1.54. The molecule has 1 fully saturated rings. The normalized spacial score (nSPS) is 21.7. The number of nitrogens with zero attached hydrogens (tertiary/aromatic N) is 2. The van der Waals surface area contributed by atoms with E-state index in [2.05, 4.69) is 24.3 Å². The van der Waals surface area contributed by atoms with E-state index in [1.54, 1.807) is 17.5 Å².